The van der Waals surface area contributed by atoms with Gasteiger partial charge in [0.1, 0.15) is 35.1 Å². The van der Waals surface area contributed by atoms with Crippen molar-refractivity contribution >= 4 is 24.0 Å². The summed E-state index contributed by atoms with van der Waals surface area (Å²) in [6, 6.07) is 11.8. The summed E-state index contributed by atoms with van der Waals surface area (Å²) in [6.07, 6.45) is 0.780. The van der Waals surface area contributed by atoms with Crippen LogP contribution in [0.5, 0.6) is 0 Å². The lowest BCUT2D eigenvalue weighted by atomic mass is 10.0. The number of likely N-dealkylation sites (tertiary alicyclic amines) is 2. The van der Waals surface area contributed by atoms with Crippen LogP contribution in [0.2, 0.25) is 0 Å². The van der Waals surface area contributed by atoms with E-state index in [1.807, 2.05) is 24.3 Å². The van der Waals surface area contributed by atoms with E-state index in [-0.39, 0.29) is 40.9 Å². The molecule has 17 heteroatoms. The maximum Gasteiger partial charge on any atom is 0.433 e. The molecule has 2 aromatic carbocycles. The van der Waals surface area contributed by atoms with Crippen LogP contribution >= 0.6 is 0 Å². The highest BCUT2D eigenvalue weighted by Crippen LogP contribution is 2.43. The maximum atomic E-state index is 14.4. The molecule has 2 unspecified atom stereocenters. The van der Waals surface area contributed by atoms with E-state index in [0.29, 0.717) is 44.6 Å². The van der Waals surface area contributed by atoms with Gasteiger partial charge < -0.3 is 34.9 Å². The van der Waals surface area contributed by atoms with Crippen LogP contribution in [0, 0.1) is 11.8 Å². The van der Waals surface area contributed by atoms with Crippen LogP contribution in [0.3, 0.4) is 0 Å². The van der Waals surface area contributed by atoms with Crippen LogP contribution in [-0.4, -0.2) is 103 Å². The molecule has 2 saturated carbocycles. The Morgan fingerprint density at radius 3 is 1.91 bits per heavy atom. The van der Waals surface area contributed by atoms with Crippen molar-refractivity contribution in [2.45, 2.75) is 81.7 Å². The normalized spacial score (nSPS) is 20.5. The molecule has 14 nitrogen and oxygen atoms in total. The Hall–Kier alpha value is -5.87. The van der Waals surface area contributed by atoms with Crippen molar-refractivity contribution in [1.29, 1.82) is 0 Å². The lowest BCUT2D eigenvalue weighted by molar-refractivity contribution is -0.140. The number of rotatable bonds is 11. The Kier molecular flexibility index (Phi) is 10.4. The number of nitrogens with zero attached hydrogens (tertiary/aromatic N) is 5. The molecule has 4 atom stereocenters. The summed E-state index contributed by atoms with van der Waals surface area (Å²) in [5.41, 5.74) is 2.20. The van der Waals surface area contributed by atoms with Crippen molar-refractivity contribution in [3.8, 4) is 33.6 Å². The third-order valence-electron chi connectivity index (χ3n) is 11.9. The second-order valence-electron chi connectivity index (χ2n) is 15.7. The summed E-state index contributed by atoms with van der Waals surface area (Å²) in [7, 11) is 2.63. The van der Waals surface area contributed by atoms with Crippen LogP contribution in [0.1, 0.15) is 80.8 Å². The summed E-state index contributed by atoms with van der Waals surface area (Å²) >= 11 is 0. The first kappa shape index (κ1) is 39.0. The van der Waals surface area contributed by atoms with E-state index in [1.54, 1.807) is 35.4 Å². The molecule has 58 heavy (non-hydrogen) atoms. The molecule has 0 radical (unpaired) electrons. The molecule has 0 spiro atoms. The Bertz CT molecular complexity index is 2180. The third-order valence-corrected chi connectivity index (χ3v) is 11.9. The van der Waals surface area contributed by atoms with Gasteiger partial charge in [-0.3, -0.25) is 14.5 Å². The van der Waals surface area contributed by atoms with E-state index in [0.717, 1.165) is 53.0 Å². The smallest absolute Gasteiger partial charge is 0.433 e. The second kappa shape index (κ2) is 15.5. The summed E-state index contributed by atoms with van der Waals surface area (Å²) < 4.78 is 48.1. The average molecular weight is 803 g/mol. The number of carbonyl (C=O) groups excluding carboxylic acids is 3. The lowest BCUT2D eigenvalue weighted by Gasteiger charge is -2.31. The molecule has 0 bridgehead atoms. The van der Waals surface area contributed by atoms with Crippen LogP contribution in [-0.2, 0) is 20.5 Å². The van der Waals surface area contributed by atoms with Gasteiger partial charge in [0.25, 0.3) is 0 Å². The molecule has 2 aromatic heterocycles. The number of hydrogen-bond donors (Lipinski definition) is 4. The third kappa shape index (κ3) is 7.73. The highest BCUT2D eigenvalue weighted by molar-refractivity contribution is 5.87. The number of amides is 4. The first-order chi connectivity index (χ1) is 27.8. The average Bonchev–Trinajstić information content (AvgIpc) is 3.94. The highest BCUT2D eigenvalue weighted by Gasteiger charge is 2.47. The maximum absolute atomic E-state index is 14.4. The fraction of sp³-hybridized carbons (Fsp3) is 0.463. The zero-order valence-electron chi connectivity index (χ0n) is 32.1. The zero-order chi connectivity index (χ0) is 40.9. The van der Waals surface area contributed by atoms with Gasteiger partial charge in [-0.05, 0) is 79.9 Å². The molecule has 4 N–H and O–H groups in total. The van der Waals surface area contributed by atoms with Crippen molar-refractivity contribution in [1.82, 2.24) is 40.0 Å². The van der Waals surface area contributed by atoms with Gasteiger partial charge in [-0.1, -0.05) is 48.5 Å². The minimum atomic E-state index is -4.75. The number of aromatic nitrogens is 4. The minimum absolute atomic E-state index is 0.0209. The lowest BCUT2D eigenvalue weighted by Crippen LogP contribution is -2.50. The number of nitrogens with one attached hydrogen (secondary N) is 3. The first-order valence-electron chi connectivity index (χ1n) is 19.7. The summed E-state index contributed by atoms with van der Waals surface area (Å²) in [5.74, 6) is 0.115. The van der Waals surface area contributed by atoms with Gasteiger partial charge in [-0.15, -0.1) is 0 Å². The van der Waals surface area contributed by atoms with E-state index < -0.39 is 48.1 Å². The number of carbonyl (C=O) groups is 4. The molecule has 306 valence electrons. The molecule has 4 heterocycles. The van der Waals surface area contributed by atoms with E-state index in [9.17, 15) is 37.5 Å². The Morgan fingerprint density at radius 2 is 1.36 bits per heavy atom. The van der Waals surface area contributed by atoms with Crippen LogP contribution in [0.4, 0.5) is 22.8 Å². The van der Waals surface area contributed by atoms with Crippen LogP contribution < -0.4 is 5.32 Å². The first-order valence-corrected chi connectivity index (χ1v) is 19.7. The molecular weight excluding hydrogens is 757 g/mol. The Labute approximate surface area is 332 Å². The molecule has 2 aliphatic heterocycles. The summed E-state index contributed by atoms with van der Waals surface area (Å²) in [4.78, 5) is 70.2. The standard InChI is InChI=1S/C41H45F3N8O6/c1-50(40(56)57)33(27-17-18-27)38(54)52-20-4-6-30(52)36-47-31(34(49-36)41(42,43)44)25-13-9-23(10-14-25)22-7-11-24(12-8-22)28-21-45-35(46-28)29-5-3-19-51(29)37(53)32(26-15-16-26)48-39(55)58-2/h7-14,21,26-27,29-30,32-33H,3-6,15-20H2,1-2H3,(H,45,46)(H,47,49)(H,48,55)(H,56,57)/t29?,30-,32?,33-/m0/s1. The number of H-pyrrole nitrogens is 2. The topological polar surface area (TPSA) is 177 Å². The Balaban J connectivity index is 0.972. The molecule has 2 saturated heterocycles. The number of benzene rings is 2. The number of hydrogen-bond acceptors (Lipinski definition) is 7. The van der Waals surface area contributed by atoms with Gasteiger partial charge in [0.05, 0.1) is 31.1 Å². The minimum Gasteiger partial charge on any atom is -0.465 e. The number of likely N-dealkylation sites (N-methyl/N-ethyl adjacent to an activating group) is 1. The fourth-order valence-electron chi connectivity index (χ4n) is 8.47. The van der Waals surface area contributed by atoms with Gasteiger partial charge >= 0.3 is 18.4 Å². The monoisotopic (exact) mass is 802 g/mol. The largest absolute Gasteiger partial charge is 0.465 e. The van der Waals surface area contributed by atoms with Crippen molar-refractivity contribution in [3.63, 3.8) is 0 Å². The van der Waals surface area contributed by atoms with Crippen molar-refractivity contribution in [3.05, 3.63) is 72.1 Å². The number of aromatic amines is 2. The zero-order valence-corrected chi connectivity index (χ0v) is 32.1. The van der Waals surface area contributed by atoms with Gasteiger partial charge in [0.15, 0.2) is 0 Å². The van der Waals surface area contributed by atoms with E-state index in [4.69, 9.17) is 4.74 Å². The molecule has 4 aliphatic rings. The van der Waals surface area contributed by atoms with Gasteiger partial charge in [0.2, 0.25) is 11.8 Å². The van der Waals surface area contributed by atoms with Gasteiger partial charge in [-0.25, -0.2) is 19.6 Å². The quantitative estimate of drug-likeness (QED) is 0.125. The van der Waals surface area contributed by atoms with Crippen molar-refractivity contribution in [2.24, 2.45) is 11.8 Å². The molecule has 2 aliphatic carbocycles. The molecule has 8 rings (SSSR count). The van der Waals surface area contributed by atoms with E-state index in [1.165, 1.54) is 19.1 Å². The van der Waals surface area contributed by atoms with Crippen LogP contribution in [0.25, 0.3) is 33.6 Å². The van der Waals surface area contributed by atoms with E-state index in [2.05, 4.69) is 25.3 Å². The second-order valence-corrected chi connectivity index (χ2v) is 15.7. The SMILES string of the molecule is COC(=O)NC(C(=O)N1CCCC1c1ncc(-c2ccc(-c3ccc(-c4nc([C@@H]5CCCN5C(=O)[C@H](C5CC5)N(C)C(=O)O)[nH]c4C(F)(F)F)cc3)cc2)[nH]1)C1CC1. The molecule has 4 aromatic rings. The highest BCUT2D eigenvalue weighted by atomic mass is 19.4. The van der Waals surface area contributed by atoms with Gasteiger partial charge in [0, 0.05) is 25.7 Å². The predicted octanol–water partition coefficient (Wildman–Crippen LogP) is 7.00. The van der Waals surface area contributed by atoms with E-state index >= 15 is 0 Å². The number of methoxy groups -OCH3 is 1. The van der Waals surface area contributed by atoms with Crippen molar-refractivity contribution < 1.29 is 42.2 Å². The number of alkyl carbamates (subject to hydrolysis) is 1. The molecule has 4 amide bonds. The van der Waals surface area contributed by atoms with Gasteiger partial charge in [-0.2, -0.15) is 13.2 Å². The Morgan fingerprint density at radius 1 is 0.810 bits per heavy atom. The molecular formula is C41H45F3N8O6. The fourth-order valence-corrected chi connectivity index (χ4v) is 8.47. The predicted molar refractivity (Wildman–Crippen MR) is 204 cm³/mol. The summed E-state index contributed by atoms with van der Waals surface area (Å²) in [6.45, 7) is 0.859. The van der Waals surface area contributed by atoms with Crippen LogP contribution in [0.15, 0.2) is 54.7 Å². The summed E-state index contributed by atoms with van der Waals surface area (Å²) in [5, 5.41) is 12.3. The number of ether oxygens (including phenoxy) is 1. The molecule has 4 fully saturated rings. The number of alkyl halides is 3. The number of carboxylic acid groups (broad SMARTS) is 1. The van der Waals surface area contributed by atoms with Crippen molar-refractivity contribution in [2.75, 3.05) is 27.2 Å². The number of halogens is 3. The number of imidazole rings is 2.